The molecule has 0 aliphatic heterocycles. The number of carbonyl (C=O) groups excluding carboxylic acids is 2. The van der Waals surface area contributed by atoms with Crippen LogP contribution in [0.4, 0.5) is 5.69 Å². The standard InChI is InChI=1S/C24H24N2O3/c1-3-15-25-23(27)20-11-7-8-12-21(20)26-24(28)22(4-2)29-19-14-13-17-9-5-6-10-18(17)16-19/h3,5-14,16,22H,1,4,15H2,2H3,(H,25,27)(H,26,28)/t22-/m0/s1. The second kappa shape index (κ2) is 9.55. The van der Waals surface area contributed by atoms with Gasteiger partial charge in [0, 0.05) is 6.54 Å². The van der Waals surface area contributed by atoms with Crippen molar-refractivity contribution < 1.29 is 14.3 Å². The Labute approximate surface area is 170 Å². The van der Waals surface area contributed by atoms with Crippen LogP contribution in [0, 0.1) is 0 Å². The first-order valence-electron chi connectivity index (χ1n) is 9.56. The van der Waals surface area contributed by atoms with Gasteiger partial charge in [-0.1, -0.05) is 55.5 Å². The summed E-state index contributed by atoms with van der Waals surface area (Å²) in [4.78, 5) is 25.1. The van der Waals surface area contributed by atoms with Crippen LogP contribution in [-0.2, 0) is 4.79 Å². The molecule has 3 aromatic carbocycles. The highest BCUT2D eigenvalue weighted by atomic mass is 16.5. The molecular weight excluding hydrogens is 364 g/mol. The molecule has 0 saturated heterocycles. The predicted octanol–water partition coefficient (Wildman–Crippen LogP) is 4.55. The van der Waals surface area contributed by atoms with Crippen molar-refractivity contribution in [1.82, 2.24) is 5.32 Å². The average molecular weight is 388 g/mol. The Morgan fingerprint density at radius 3 is 2.52 bits per heavy atom. The molecule has 0 unspecified atom stereocenters. The zero-order valence-electron chi connectivity index (χ0n) is 16.4. The molecular formula is C24H24N2O3. The minimum atomic E-state index is -0.680. The minimum absolute atomic E-state index is 0.274. The van der Waals surface area contributed by atoms with Crippen LogP contribution >= 0.6 is 0 Å². The lowest BCUT2D eigenvalue weighted by atomic mass is 10.1. The van der Waals surface area contributed by atoms with Crippen LogP contribution in [0.15, 0.2) is 79.4 Å². The number of benzene rings is 3. The van der Waals surface area contributed by atoms with Gasteiger partial charge in [0.15, 0.2) is 6.10 Å². The molecule has 0 aliphatic rings. The highest BCUT2D eigenvalue weighted by Gasteiger charge is 2.21. The van der Waals surface area contributed by atoms with Crippen molar-refractivity contribution >= 4 is 28.3 Å². The van der Waals surface area contributed by atoms with E-state index in [0.29, 0.717) is 30.0 Å². The van der Waals surface area contributed by atoms with Crippen LogP contribution < -0.4 is 15.4 Å². The molecule has 3 rings (SSSR count). The highest BCUT2D eigenvalue weighted by molar-refractivity contribution is 6.04. The van der Waals surface area contributed by atoms with Crippen molar-refractivity contribution in [3.63, 3.8) is 0 Å². The van der Waals surface area contributed by atoms with E-state index in [4.69, 9.17) is 4.74 Å². The maximum absolute atomic E-state index is 12.8. The molecule has 3 aromatic rings. The second-order valence-corrected chi connectivity index (χ2v) is 6.56. The fourth-order valence-corrected chi connectivity index (χ4v) is 2.99. The first-order chi connectivity index (χ1) is 14.1. The van der Waals surface area contributed by atoms with Crippen LogP contribution in [-0.4, -0.2) is 24.5 Å². The molecule has 0 aliphatic carbocycles. The summed E-state index contributed by atoms with van der Waals surface area (Å²) >= 11 is 0. The largest absolute Gasteiger partial charge is 0.481 e. The van der Waals surface area contributed by atoms with Gasteiger partial charge in [-0.15, -0.1) is 6.58 Å². The Kier molecular flexibility index (Phi) is 6.63. The smallest absolute Gasteiger partial charge is 0.265 e. The minimum Gasteiger partial charge on any atom is -0.481 e. The van der Waals surface area contributed by atoms with Gasteiger partial charge in [0.05, 0.1) is 11.3 Å². The van der Waals surface area contributed by atoms with Crippen molar-refractivity contribution in [2.24, 2.45) is 0 Å². The highest BCUT2D eigenvalue weighted by Crippen LogP contribution is 2.23. The normalized spacial score (nSPS) is 11.5. The van der Waals surface area contributed by atoms with Gasteiger partial charge in [-0.25, -0.2) is 0 Å². The topological polar surface area (TPSA) is 67.4 Å². The summed E-state index contributed by atoms with van der Waals surface area (Å²) in [7, 11) is 0. The molecule has 0 aromatic heterocycles. The van der Waals surface area contributed by atoms with E-state index in [2.05, 4.69) is 17.2 Å². The van der Waals surface area contributed by atoms with Gasteiger partial charge in [-0.05, 0) is 41.5 Å². The summed E-state index contributed by atoms with van der Waals surface area (Å²) in [6, 6.07) is 20.6. The zero-order chi connectivity index (χ0) is 20.6. The summed E-state index contributed by atoms with van der Waals surface area (Å²) in [6.07, 6.45) is 1.41. The number of amides is 2. The third-order valence-electron chi connectivity index (χ3n) is 4.50. The summed E-state index contributed by atoms with van der Waals surface area (Å²) in [6.45, 7) is 5.82. The summed E-state index contributed by atoms with van der Waals surface area (Å²) < 4.78 is 5.95. The molecule has 0 saturated carbocycles. The maximum atomic E-state index is 12.8. The third-order valence-corrected chi connectivity index (χ3v) is 4.50. The SMILES string of the molecule is C=CCNC(=O)c1ccccc1NC(=O)[C@H](CC)Oc1ccc2ccccc2c1. The number of ether oxygens (including phenoxy) is 1. The summed E-state index contributed by atoms with van der Waals surface area (Å²) in [5.41, 5.74) is 0.836. The lowest BCUT2D eigenvalue weighted by Crippen LogP contribution is -2.33. The quantitative estimate of drug-likeness (QED) is 0.556. The second-order valence-electron chi connectivity index (χ2n) is 6.56. The number of hydrogen-bond donors (Lipinski definition) is 2. The monoisotopic (exact) mass is 388 g/mol. The molecule has 29 heavy (non-hydrogen) atoms. The van der Waals surface area contributed by atoms with E-state index in [1.165, 1.54) is 0 Å². The lowest BCUT2D eigenvalue weighted by molar-refractivity contribution is -0.122. The molecule has 0 bridgehead atoms. The Balaban J connectivity index is 1.74. The molecule has 0 fully saturated rings. The van der Waals surface area contributed by atoms with Crippen LogP contribution in [0.25, 0.3) is 10.8 Å². The van der Waals surface area contributed by atoms with Gasteiger partial charge in [-0.2, -0.15) is 0 Å². The van der Waals surface area contributed by atoms with E-state index in [-0.39, 0.29) is 11.8 Å². The summed E-state index contributed by atoms with van der Waals surface area (Å²) in [5.74, 6) is 0.0524. The van der Waals surface area contributed by atoms with Crippen LogP contribution in [0.2, 0.25) is 0 Å². The van der Waals surface area contributed by atoms with Crippen molar-refractivity contribution in [2.75, 3.05) is 11.9 Å². The van der Waals surface area contributed by atoms with Crippen LogP contribution in [0.1, 0.15) is 23.7 Å². The van der Waals surface area contributed by atoms with Gasteiger partial charge in [0.2, 0.25) is 0 Å². The number of hydrogen-bond acceptors (Lipinski definition) is 3. The first-order valence-corrected chi connectivity index (χ1v) is 9.56. The lowest BCUT2D eigenvalue weighted by Gasteiger charge is -2.19. The zero-order valence-corrected chi connectivity index (χ0v) is 16.4. The fourth-order valence-electron chi connectivity index (χ4n) is 2.99. The van der Waals surface area contributed by atoms with Gasteiger partial charge in [-0.3, -0.25) is 9.59 Å². The molecule has 0 spiro atoms. The fraction of sp³-hybridized carbons (Fsp3) is 0.167. The molecule has 2 amide bonds. The van der Waals surface area contributed by atoms with Crippen molar-refractivity contribution in [3.8, 4) is 5.75 Å². The van der Waals surface area contributed by atoms with Crippen molar-refractivity contribution in [1.29, 1.82) is 0 Å². The Hall–Kier alpha value is -3.60. The number of anilines is 1. The van der Waals surface area contributed by atoms with E-state index >= 15 is 0 Å². The van der Waals surface area contributed by atoms with Gasteiger partial charge in [0.1, 0.15) is 5.75 Å². The molecule has 1 atom stereocenters. The van der Waals surface area contributed by atoms with E-state index in [1.54, 1.807) is 30.3 Å². The van der Waals surface area contributed by atoms with E-state index < -0.39 is 6.10 Å². The molecule has 5 nitrogen and oxygen atoms in total. The Morgan fingerprint density at radius 1 is 1.03 bits per heavy atom. The van der Waals surface area contributed by atoms with Crippen LogP contribution in [0.5, 0.6) is 5.75 Å². The third kappa shape index (κ3) is 5.02. The Bertz CT molecular complexity index is 1030. The first kappa shape index (κ1) is 20.1. The molecule has 148 valence electrons. The number of rotatable bonds is 8. The molecule has 0 radical (unpaired) electrons. The van der Waals surface area contributed by atoms with E-state index in [0.717, 1.165) is 10.8 Å². The van der Waals surface area contributed by atoms with Gasteiger partial charge in [0.25, 0.3) is 11.8 Å². The maximum Gasteiger partial charge on any atom is 0.265 e. The number of para-hydroxylation sites is 1. The van der Waals surface area contributed by atoms with Gasteiger partial charge < -0.3 is 15.4 Å². The predicted molar refractivity (Wildman–Crippen MR) is 116 cm³/mol. The van der Waals surface area contributed by atoms with Gasteiger partial charge >= 0.3 is 0 Å². The molecule has 2 N–H and O–H groups in total. The van der Waals surface area contributed by atoms with Crippen molar-refractivity contribution in [3.05, 3.63) is 84.9 Å². The van der Waals surface area contributed by atoms with Crippen molar-refractivity contribution in [2.45, 2.75) is 19.4 Å². The Morgan fingerprint density at radius 2 is 1.76 bits per heavy atom. The summed E-state index contributed by atoms with van der Waals surface area (Å²) in [5, 5.41) is 7.70. The van der Waals surface area contributed by atoms with Crippen LogP contribution in [0.3, 0.4) is 0 Å². The number of nitrogens with one attached hydrogen (secondary N) is 2. The molecule has 5 heteroatoms. The van der Waals surface area contributed by atoms with E-state index in [1.807, 2.05) is 49.4 Å². The number of fused-ring (bicyclic) bond motifs is 1. The number of carbonyl (C=O) groups is 2. The van der Waals surface area contributed by atoms with E-state index in [9.17, 15) is 9.59 Å². The molecule has 0 heterocycles. The average Bonchev–Trinajstić information content (AvgIpc) is 2.76.